The van der Waals surface area contributed by atoms with Crippen LogP contribution in [0, 0.1) is 19.8 Å². The van der Waals surface area contributed by atoms with Crippen LogP contribution in [0.2, 0.25) is 5.02 Å². The zero-order valence-corrected chi connectivity index (χ0v) is 17.3. The Hall–Kier alpha value is -2.12. The van der Waals surface area contributed by atoms with Gasteiger partial charge in [0.05, 0.1) is 35.5 Å². The van der Waals surface area contributed by atoms with E-state index in [9.17, 15) is 9.59 Å². The summed E-state index contributed by atoms with van der Waals surface area (Å²) in [5, 5.41) is 4.50. The van der Waals surface area contributed by atoms with E-state index in [2.05, 4.69) is 10.3 Å². The monoisotopic (exact) mass is 407 g/mol. The molecule has 1 N–H and O–H groups in total. The lowest BCUT2D eigenvalue weighted by molar-refractivity contribution is -0.126. The zero-order chi connectivity index (χ0) is 19.7. The van der Waals surface area contributed by atoms with Crippen LogP contribution in [0.1, 0.15) is 35.0 Å². The molecule has 144 valence electrons. The van der Waals surface area contributed by atoms with Gasteiger partial charge in [0, 0.05) is 22.9 Å². The Bertz CT molecular complexity index is 883. The van der Waals surface area contributed by atoms with Gasteiger partial charge in [0.1, 0.15) is 5.75 Å². The Morgan fingerprint density at radius 2 is 2.19 bits per heavy atom. The number of ether oxygens (including phenoxy) is 1. The van der Waals surface area contributed by atoms with Crippen LogP contribution in [-0.4, -0.2) is 30.5 Å². The minimum atomic E-state index is -0.419. The molecular formula is C19H22ClN3O3S. The van der Waals surface area contributed by atoms with Gasteiger partial charge in [-0.1, -0.05) is 11.6 Å². The van der Waals surface area contributed by atoms with Gasteiger partial charge in [-0.3, -0.25) is 9.59 Å². The number of benzene rings is 1. The first kappa shape index (κ1) is 19.6. The quantitative estimate of drug-likeness (QED) is 0.821. The number of thiazole rings is 1. The second-order valence-corrected chi connectivity index (χ2v) is 8.31. The minimum Gasteiger partial charge on any atom is -0.495 e. The maximum absolute atomic E-state index is 12.7. The summed E-state index contributed by atoms with van der Waals surface area (Å²) in [4.78, 5) is 32.3. The number of nitrogens with zero attached hydrogens (tertiary/aromatic N) is 2. The highest BCUT2D eigenvalue weighted by molar-refractivity contribution is 7.11. The number of aromatic nitrogens is 1. The number of carbonyl (C=O) groups excluding carboxylic acids is 2. The van der Waals surface area contributed by atoms with E-state index in [0.29, 0.717) is 23.0 Å². The molecule has 0 bridgehead atoms. The van der Waals surface area contributed by atoms with E-state index in [0.717, 1.165) is 15.6 Å². The summed E-state index contributed by atoms with van der Waals surface area (Å²) >= 11 is 7.65. The molecule has 2 heterocycles. The summed E-state index contributed by atoms with van der Waals surface area (Å²) < 4.78 is 5.34. The Labute approximate surface area is 167 Å². The SMILES string of the molecule is COc1ccc(Cl)cc1N1C[C@H](C(=O)N[C@H](C)c2sc(C)nc2C)CC1=O. The predicted molar refractivity (Wildman–Crippen MR) is 107 cm³/mol. The molecule has 1 aromatic heterocycles. The maximum Gasteiger partial charge on any atom is 0.227 e. The van der Waals surface area contributed by atoms with Crippen LogP contribution >= 0.6 is 22.9 Å². The van der Waals surface area contributed by atoms with Crippen LogP contribution < -0.4 is 15.0 Å². The Balaban J connectivity index is 1.72. The molecule has 2 amide bonds. The Morgan fingerprint density at radius 3 is 2.81 bits per heavy atom. The highest BCUT2D eigenvalue weighted by Crippen LogP contribution is 2.35. The summed E-state index contributed by atoms with van der Waals surface area (Å²) in [7, 11) is 1.54. The number of hydrogen-bond donors (Lipinski definition) is 1. The third-order valence-electron chi connectivity index (χ3n) is 4.62. The number of carbonyl (C=O) groups is 2. The van der Waals surface area contributed by atoms with Crippen molar-refractivity contribution < 1.29 is 14.3 Å². The fourth-order valence-electron chi connectivity index (χ4n) is 3.34. The molecule has 0 aliphatic carbocycles. The average Bonchev–Trinajstić information content (AvgIpc) is 3.16. The third kappa shape index (κ3) is 4.09. The van der Waals surface area contributed by atoms with Gasteiger partial charge in [-0.25, -0.2) is 4.98 Å². The minimum absolute atomic E-state index is 0.117. The summed E-state index contributed by atoms with van der Waals surface area (Å²) in [5.74, 6) is -0.117. The van der Waals surface area contributed by atoms with Gasteiger partial charge in [-0.2, -0.15) is 0 Å². The van der Waals surface area contributed by atoms with Crippen molar-refractivity contribution in [2.75, 3.05) is 18.6 Å². The van der Waals surface area contributed by atoms with Crippen molar-refractivity contribution in [2.45, 2.75) is 33.2 Å². The normalized spacial score (nSPS) is 17.9. The molecule has 0 spiro atoms. The molecule has 1 aliphatic heterocycles. The lowest BCUT2D eigenvalue weighted by Gasteiger charge is -2.20. The first-order valence-electron chi connectivity index (χ1n) is 8.68. The first-order valence-corrected chi connectivity index (χ1v) is 9.87. The summed E-state index contributed by atoms with van der Waals surface area (Å²) in [5.41, 5.74) is 1.52. The number of nitrogens with one attached hydrogen (secondary N) is 1. The van der Waals surface area contributed by atoms with Gasteiger partial charge in [-0.15, -0.1) is 11.3 Å². The molecule has 8 heteroatoms. The first-order chi connectivity index (χ1) is 12.8. The van der Waals surface area contributed by atoms with Gasteiger partial charge < -0.3 is 15.0 Å². The zero-order valence-electron chi connectivity index (χ0n) is 15.7. The summed E-state index contributed by atoms with van der Waals surface area (Å²) in [6, 6.07) is 4.96. The van der Waals surface area contributed by atoms with E-state index in [1.165, 1.54) is 0 Å². The van der Waals surface area contributed by atoms with Crippen LogP contribution in [0.15, 0.2) is 18.2 Å². The molecule has 6 nitrogen and oxygen atoms in total. The van der Waals surface area contributed by atoms with Crippen molar-refractivity contribution in [2.24, 2.45) is 5.92 Å². The van der Waals surface area contributed by atoms with Crippen LogP contribution in [0.25, 0.3) is 0 Å². The highest BCUT2D eigenvalue weighted by Gasteiger charge is 2.37. The van der Waals surface area contributed by atoms with Gasteiger partial charge in [0.2, 0.25) is 11.8 Å². The van der Waals surface area contributed by atoms with E-state index in [1.807, 2.05) is 20.8 Å². The van der Waals surface area contributed by atoms with Gasteiger partial charge >= 0.3 is 0 Å². The number of aryl methyl sites for hydroxylation is 2. The number of methoxy groups -OCH3 is 1. The molecule has 2 atom stereocenters. The third-order valence-corrected chi connectivity index (χ3v) is 6.11. The van der Waals surface area contributed by atoms with E-state index in [4.69, 9.17) is 16.3 Å². The number of hydrogen-bond acceptors (Lipinski definition) is 5. The van der Waals surface area contributed by atoms with Crippen LogP contribution in [0.3, 0.4) is 0 Å². The second kappa shape index (κ2) is 7.86. The standard InChI is InChI=1S/C19H22ClN3O3S/c1-10-18(27-12(3)21-10)11(2)22-19(25)13-7-17(24)23(9-13)15-8-14(20)5-6-16(15)26-4/h5-6,8,11,13H,7,9H2,1-4H3,(H,22,25)/t11-,13-/m1/s1. The smallest absolute Gasteiger partial charge is 0.227 e. The topological polar surface area (TPSA) is 71.5 Å². The lowest BCUT2D eigenvalue weighted by Crippen LogP contribution is -2.34. The van der Waals surface area contributed by atoms with E-state index >= 15 is 0 Å². The Morgan fingerprint density at radius 1 is 1.44 bits per heavy atom. The van der Waals surface area contributed by atoms with Crippen LogP contribution in [0.5, 0.6) is 5.75 Å². The molecule has 0 unspecified atom stereocenters. The van der Waals surface area contributed by atoms with Crippen molar-refractivity contribution in [1.29, 1.82) is 0 Å². The fourth-order valence-corrected chi connectivity index (χ4v) is 4.43. The molecule has 1 aromatic carbocycles. The second-order valence-electron chi connectivity index (χ2n) is 6.63. The molecule has 1 saturated heterocycles. The van der Waals surface area contributed by atoms with Crippen molar-refractivity contribution in [1.82, 2.24) is 10.3 Å². The van der Waals surface area contributed by atoms with E-state index in [-0.39, 0.29) is 24.3 Å². The van der Waals surface area contributed by atoms with Crippen molar-refractivity contribution in [3.63, 3.8) is 0 Å². The van der Waals surface area contributed by atoms with Gasteiger partial charge in [0.25, 0.3) is 0 Å². The predicted octanol–water partition coefficient (Wildman–Crippen LogP) is 3.65. The summed E-state index contributed by atoms with van der Waals surface area (Å²) in [6.07, 6.45) is 0.162. The fraction of sp³-hybridized carbons (Fsp3) is 0.421. The van der Waals surface area contributed by atoms with Gasteiger partial charge in [0.15, 0.2) is 0 Å². The largest absolute Gasteiger partial charge is 0.495 e. The molecular weight excluding hydrogens is 386 g/mol. The number of rotatable bonds is 5. The lowest BCUT2D eigenvalue weighted by atomic mass is 10.1. The summed E-state index contributed by atoms with van der Waals surface area (Å²) in [6.45, 7) is 6.12. The maximum atomic E-state index is 12.7. The molecule has 1 aliphatic rings. The van der Waals surface area contributed by atoms with E-state index < -0.39 is 5.92 Å². The molecule has 0 radical (unpaired) electrons. The molecule has 0 saturated carbocycles. The number of amides is 2. The molecule has 3 rings (SSSR count). The Kier molecular flexibility index (Phi) is 5.72. The van der Waals surface area contributed by atoms with Crippen molar-refractivity contribution >= 4 is 40.4 Å². The van der Waals surface area contributed by atoms with E-state index in [1.54, 1.807) is 41.5 Å². The number of anilines is 1. The van der Waals surface area contributed by atoms with Crippen LogP contribution in [0.4, 0.5) is 5.69 Å². The molecule has 27 heavy (non-hydrogen) atoms. The number of halogens is 1. The van der Waals surface area contributed by atoms with Crippen molar-refractivity contribution in [3.8, 4) is 5.75 Å². The molecule has 1 fully saturated rings. The molecule has 2 aromatic rings. The van der Waals surface area contributed by atoms with Crippen LogP contribution in [-0.2, 0) is 9.59 Å². The van der Waals surface area contributed by atoms with Crippen molar-refractivity contribution in [3.05, 3.63) is 38.8 Å². The average molecular weight is 408 g/mol. The highest BCUT2D eigenvalue weighted by atomic mass is 35.5. The van der Waals surface area contributed by atoms with Gasteiger partial charge in [-0.05, 0) is 39.0 Å².